The first-order chi connectivity index (χ1) is 9.63. The van der Waals surface area contributed by atoms with E-state index in [4.69, 9.17) is 9.47 Å². The van der Waals surface area contributed by atoms with E-state index in [1.807, 2.05) is 0 Å². The van der Waals surface area contributed by atoms with Gasteiger partial charge in [-0.15, -0.1) is 0 Å². The third kappa shape index (κ3) is 3.50. The third-order valence-electron chi connectivity index (χ3n) is 3.00. The van der Waals surface area contributed by atoms with Crippen LogP contribution >= 0.6 is 22.6 Å². The van der Waals surface area contributed by atoms with Crippen LogP contribution in [-0.4, -0.2) is 60.6 Å². The highest BCUT2D eigenvalue weighted by molar-refractivity contribution is 14.1. The van der Waals surface area contributed by atoms with E-state index >= 15 is 0 Å². The van der Waals surface area contributed by atoms with Crippen LogP contribution in [0.25, 0.3) is 0 Å². The predicted octanol–water partition coefficient (Wildman–Crippen LogP) is 0.495. The summed E-state index contributed by atoms with van der Waals surface area (Å²) in [4.78, 5) is 14.0. The Morgan fingerprint density at radius 1 is 1.50 bits per heavy atom. The van der Waals surface area contributed by atoms with Crippen LogP contribution in [0, 0.1) is 15.5 Å². The molecule has 1 aliphatic rings. The molecule has 0 aliphatic carbocycles. The standard InChI is InChI=1S/C13H16IN3O3/c1-16-11(13(18)19-2)10(12(14)15-16)4-3-5-17-6-8-20-9-7-17/h5-9H2,1-2H3. The first-order valence-corrected chi connectivity index (χ1v) is 7.31. The zero-order valence-corrected chi connectivity index (χ0v) is 13.6. The number of nitrogens with zero attached hydrogens (tertiary/aromatic N) is 3. The van der Waals surface area contributed by atoms with Gasteiger partial charge >= 0.3 is 5.97 Å². The zero-order chi connectivity index (χ0) is 14.5. The Balaban J connectivity index is 2.14. The number of hydrogen-bond acceptors (Lipinski definition) is 5. The van der Waals surface area contributed by atoms with Crippen LogP contribution in [0.3, 0.4) is 0 Å². The van der Waals surface area contributed by atoms with Crippen molar-refractivity contribution in [3.05, 3.63) is 15.0 Å². The average molecular weight is 389 g/mol. The van der Waals surface area contributed by atoms with Crippen LogP contribution in [0.4, 0.5) is 0 Å². The molecule has 1 aromatic rings. The van der Waals surface area contributed by atoms with Gasteiger partial charge in [0, 0.05) is 20.1 Å². The highest BCUT2D eigenvalue weighted by Gasteiger charge is 2.20. The molecule has 0 radical (unpaired) electrons. The quantitative estimate of drug-likeness (QED) is 0.419. The van der Waals surface area contributed by atoms with Crippen molar-refractivity contribution in [3.8, 4) is 11.8 Å². The lowest BCUT2D eigenvalue weighted by molar-refractivity contribution is 0.0443. The topological polar surface area (TPSA) is 56.6 Å². The fourth-order valence-electron chi connectivity index (χ4n) is 1.93. The number of carbonyl (C=O) groups is 1. The summed E-state index contributed by atoms with van der Waals surface area (Å²) >= 11 is 2.07. The fourth-order valence-corrected chi connectivity index (χ4v) is 2.65. The number of aryl methyl sites for hydroxylation is 1. The van der Waals surface area contributed by atoms with Gasteiger partial charge < -0.3 is 9.47 Å². The maximum absolute atomic E-state index is 11.8. The summed E-state index contributed by atoms with van der Waals surface area (Å²) < 4.78 is 12.3. The monoisotopic (exact) mass is 389 g/mol. The Bertz CT molecular complexity index is 553. The second kappa shape index (κ2) is 7.06. The van der Waals surface area contributed by atoms with Crippen molar-refractivity contribution in [3.63, 3.8) is 0 Å². The largest absolute Gasteiger partial charge is 0.464 e. The lowest BCUT2D eigenvalue weighted by atomic mass is 10.2. The van der Waals surface area contributed by atoms with Gasteiger partial charge in [0.2, 0.25) is 0 Å². The molecular weight excluding hydrogens is 373 g/mol. The summed E-state index contributed by atoms with van der Waals surface area (Å²) in [6, 6.07) is 0. The normalized spacial score (nSPS) is 15.6. The summed E-state index contributed by atoms with van der Waals surface area (Å²) in [5.41, 5.74) is 1.03. The molecule has 7 heteroatoms. The van der Waals surface area contributed by atoms with Crippen LogP contribution in [0.5, 0.6) is 0 Å². The average Bonchev–Trinajstić information content (AvgIpc) is 2.74. The highest BCUT2D eigenvalue weighted by Crippen LogP contribution is 2.15. The van der Waals surface area contributed by atoms with Gasteiger partial charge in [0.05, 0.1) is 32.4 Å². The minimum Gasteiger partial charge on any atom is -0.464 e. The van der Waals surface area contributed by atoms with Crippen molar-refractivity contribution in [2.75, 3.05) is 40.0 Å². The number of esters is 1. The SMILES string of the molecule is COC(=O)c1c(C#CCN2CCOCC2)c(I)nn1C. The first-order valence-electron chi connectivity index (χ1n) is 6.23. The van der Waals surface area contributed by atoms with Crippen molar-refractivity contribution in [2.45, 2.75) is 0 Å². The lowest BCUT2D eigenvalue weighted by Crippen LogP contribution is -2.36. The van der Waals surface area contributed by atoms with Gasteiger partial charge in [-0.1, -0.05) is 11.8 Å². The molecule has 0 amide bonds. The molecular formula is C13H16IN3O3. The molecule has 0 atom stereocenters. The van der Waals surface area contributed by atoms with Crippen LogP contribution in [0.2, 0.25) is 0 Å². The summed E-state index contributed by atoms with van der Waals surface area (Å²) in [5.74, 6) is 5.72. The molecule has 0 aromatic carbocycles. The van der Waals surface area contributed by atoms with Crippen LogP contribution in [-0.2, 0) is 16.5 Å². The summed E-state index contributed by atoms with van der Waals surface area (Å²) in [5, 5.41) is 4.21. The number of ether oxygens (including phenoxy) is 2. The number of carbonyl (C=O) groups excluding carboxylic acids is 1. The third-order valence-corrected chi connectivity index (χ3v) is 3.76. The van der Waals surface area contributed by atoms with E-state index < -0.39 is 5.97 Å². The van der Waals surface area contributed by atoms with E-state index in [9.17, 15) is 4.79 Å². The van der Waals surface area contributed by atoms with Crippen molar-refractivity contribution >= 4 is 28.6 Å². The Morgan fingerprint density at radius 3 is 2.85 bits per heavy atom. The zero-order valence-electron chi connectivity index (χ0n) is 11.5. The number of methoxy groups -OCH3 is 1. The number of rotatable bonds is 2. The summed E-state index contributed by atoms with van der Waals surface area (Å²) in [6.45, 7) is 3.94. The van der Waals surface area contributed by atoms with Crippen molar-refractivity contribution in [1.29, 1.82) is 0 Å². The van der Waals surface area contributed by atoms with Crippen LogP contribution in [0.15, 0.2) is 0 Å². The molecule has 2 heterocycles. The first kappa shape index (κ1) is 15.3. The minimum absolute atomic E-state index is 0.395. The van der Waals surface area contributed by atoms with E-state index in [0.29, 0.717) is 21.5 Å². The molecule has 1 aliphatic heterocycles. The highest BCUT2D eigenvalue weighted by atomic mass is 127. The maximum atomic E-state index is 11.8. The van der Waals surface area contributed by atoms with Crippen LogP contribution in [0.1, 0.15) is 16.1 Å². The Kier molecular flexibility index (Phi) is 5.39. The minimum atomic E-state index is -0.418. The van der Waals surface area contributed by atoms with E-state index in [0.717, 1.165) is 26.3 Å². The molecule has 1 aromatic heterocycles. The maximum Gasteiger partial charge on any atom is 0.357 e. The Morgan fingerprint density at radius 2 is 2.20 bits per heavy atom. The van der Waals surface area contributed by atoms with Crippen molar-refractivity contribution < 1.29 is 14.3 Å². The molecule has 1 fully saturated rings. The van der Waals surface area contributed by atoms with Crippen LogP contribution < -0.4 is 0 Å². The molecule has 6 nitrogen and oxygen atoms in total. The number of aromatic nitrogens is 2. The Hall–Kier alpha value is -1.11. The summed E-state index contributed by atoms with van der Waals surface area (Å²) in [6.07, 6.45) is 0. The fraction of sp³-hybridized carbons (Fsp3) is 0.538. The van der Waals surface area contributed by atoms with Crippen molar-refractivity contribution in [1.82, 2.24) is 14.7 Å². The smallest absolute Gasteiger partial charge is 0.357 e. The van der Waals surface area contributed by atoms with E-state index in [-0.39, 0.29) is 0 Å². The van der Waals surface area contributed by atoms with E-state index in [1.54, 1.807) is 7.05 Å². The number of halogens is 1. The molecule has 0 spiro atoms. The van der Waals surface area contributed by atoms with Gasteiger partial charge in [0.25, 0.3) is 0 Å². The number of hydrogen-bond donors (Lipinski definition) is 0. The predicted molar refractivity (Wildman–Crippen MR) is 81.4 cm³/mol. The second-order valence-electron chi connectivity index (χ2n) is 4.32. The molecule has 0 saturated carbocycles. The van der Waals surface area contributed by atoms with E-state index in [1.165, 1.54) is 11.8 Å². The molecule has 1 saturated heterocycles. The number of morpholine rings is 1. The molecule has 108 valence electrons. The molecule has 20 heavy (non-hydrogen) atoms. The second-order valence-corrected chi connectivity index (χ2v) is 5.34. The van der Waals surface area contributed by atoms with E-state index in [2.05, 4.69) is 44.4 Å². The Labute approximate surface area is 131 Å². The molecule has 0 bridgehead atoms. The van der Waals surface area contributed by atoms with Gasteiger partial charge in [-0.2, -0.15) is 5.10 Å². The van der Waals surface area contributed by atoms with Gasteiger partial charge in [0.1, 0.15) is 3.70 Å². The van der Waals surface area contributed by atoms with Gasteiger partial charge in [-0.05, 0) is 22.6 Å². The van der Waals surface area contributed by atoms with Gasteiger partial charge in [-0.25, -0.2) is 4.79 Å². The molecule has 0 N–H and O–H groups in total. The van der Waals surface area contributed by atoms with Gasteiger partial charge in [0.15, 0.2) is 5.69 Å². The van der Waals surface area contributed by atoms with Crippen molar-refractivity contribution in [2.24, 2.45) is 7.05 Å². The van der Waals surface area contributed by atoms with Gasteiger partial charge in [-0.3, -0.25) is 9.58 Å². The summed E-state index contributed by atoms with van der Waals surface area (Å²) in [7, 11) is 3.06. The molecule has 2 rings (SSSR count). The molecule has 0 unspecified atom stereocenters. The lowest BCUT2D eigenvalue weighted by Gasteiger charge is -2.24.